The lowest BCUT2D eigenvalue weighted by atomic mass is 9.35. The van der Waals surface area contributed by atoms with Crippen molar-refractivity contribution in [1.29, 1.82) is 0 Å². The van der Waals surface area contributed by atoms with E-state index >= 15 is 0 Å². The number of hydrogen-bond donors (Lipinski definition) is 2. The van der Waals surface area contributed by atoms with Gasteiger partial charge in [-0.25, -0.2) is 0 Å². The minimum absolute atomic E-state index is 0.00379. The van der Waals surface area contributed by atoms with Gasteiger partial charge >= 0.3 is 0 Å². The van der Waals surface area contributed by atoms with Crippen LogP contribution in [0.2, 0.25) is 0 Å². The van der Waals surface area contributed by atoms with E-state index in [0.717, 1.165) is 44.6 Å². The second-order valence-corrected chi connectivity index (χ2v) is 13.4. The zero-order chi connectivity index (χ0) is 27.4. The molecule has 210 valence electrons. The smallest absolute Gasteiger partial charge is 0.252 e. The summed E-state index contributed by atoms with van der Waals surface area (Å²) in [7, 11) is 1.80. The number of phenolic OH excluding ortho intramolecular Hbond substituents is 1. The molecule has 2 N–H and O–H groups in total. The summed E-state index contributed by atoms with van der Waals surface area (Å²) in [5.41, 5.74) is 2.69. The molecular formula is C33H38N2O5. The van der Waals surface area contributed by atoms with Crippen molar-refractivity contribution < 1.29 is 24.2 Å². The fraction of sp³-hybridized carbons (Fsp3) is 0.576. The minimum Gasteiger partial charge on any atom is -0.504 e. The van der Waals surface area contributed by atoms with Crippen LogP contribution in [0.1, 0.15) is 77.3 Å². The van der Waals surface area contributed by atoms with E-state index in [2.05, 4.69) is 16.3 Å². The molecule has 7 heteroatoms. The van der Waals surface area contributed by atoms with Crippen molar-refractivity contribution >= 4 is 11.7 Å². The Labute approximate surface area is 235 Å². The highest BCUT2D eigenvalue weighted by Crippen LogP contribution is 2.76. The highest BCUT2D eigenvalue weighted by Gasteiger charge is 2.80. The van der Waals surface area contributed by atoms with E-state index in [9.17, 15) is 14.7 Å². The molecule has 2 unspecified atom stereocenters. The second kappa shape index (κ2) is 8.32. The average Bonchev–Trinajstić information content (AvgIpc) is 3.71. The maximum atomic E-state index is 13.4. The van der Waals surface area contributed by atoms with Crippen LogP contribution in [0.4, 0.5) is 0 Å². The van der Waals surface area contributed by atoms with Gasteiger partial charge in [0.25, 0.3) is 5.91 Å². The van der Waals surface area contributed by atoms with Gasteiger partial charge in [0.05, 0.1) is 5.56 Å². The van der Waals surface area contributed by atoms with E-state index in [1.807, 2.05) is 6.07 Å². The van der Waals surface area contributed by atoms with E-state index in [4.69, 9.17) is 9.47 Å². The summed E-state index contributed by atoms with van der Waals surface area (Å²) in [5.74, 6) is 1.44. The first-order chi connectivity index (χ1) is 19.3. The third kappa shape index (κ3) is 2.98. The topological polar surface area (TPSA) is 88.1 Å². The fourth-order valence-electron chi connectivity index (χ4n) is 10.1. The highest BCUT2D eigenvalue weighted by atomic mass is 16.6. The number of ketones is 1. The highest BCUT2D eigenvalue weighted by molar-refractivity contribution is 6.07. The number of nitrogens with zero attached hydrogens (tertiary/aromatic N) is 1. The van der Waals surface area contributed by atoms with E-state index in [1.54, 1.807) is 31.4 Å². The molecule has 7 nitrogen and oxygen atoms in total. The Kier molecular flexibility index (Phi) is 5.17. The van der Waals surface area contributed by atoms with Crippen molar-refractivity contribution in [2.75, 3.05) is 26.7 Å². The number of ether oxygens (including phenoxy) is 2. The molecule has 2 spiro atoms. The zero-order valence-electron chi connectivity index (χ0n) is 23.4. The van der Waals surface area contributed by atoms with E-state index in [-0.39, 0.29) is 40.3 Å². The molecule has 4 saturated carbocycles. The van der Waals surface area contributed by atoms with E-state index in [1.165, 1.54) is 37.4 Å². The van der Waals surface area contributed by atoms with Crippen LogP contribution in [0.5, 0.6) is 11.5 Å². The van der Waals surface area contributed by atoms with Crippen molar-refractivity contribution in [2.24, 2.45) is 17.3 Å². The van der Waals surface area contributed by atoms with Crippen molar-refractivity contribution in [3.05, 3.63) is 58.7 Å². The first-order valence-electron chi connectivity index (χ1n) is 15.0. The third-order valence-corrected chi connectivity index (χ3v) is 11.9. The van der Waals surface area contributed by atoms with Crippen LogP contribution in [0.3, 0.4) is 0 Å². The van der Waals surface area contributed by atoms with Gasteiger partial charge in [0.1, 0.15) is 11.7 Å². The molecule has 2 heterocycles. The van der Waals surface area contributed by atoms with Crippen molar-refractivity contribution in [2.45, 2.75) is 75.0 Å². The molecule has 7 aliphatic rings. The Hall–Kier alpha value is -2.90. The number of carbonyl (C=O) groups is 2. The van der Waals surface area contributed by atoms with Crippen LogP contribution < -0.4 is 10.1 Å². The summed E-state index contributed by atoms with van der Waals surface area (Å²) >= 11 is 0. The summed E-state index contributed by atoms with van der Waals surface area (Å²) in [6.07, 6.45) is 7.37. The van der Waals surface area contributed by atoms with Crippen LogP contribution in [0.15, 0.2) is 36.4 Å². The number of fused-ring (bicyclic) bond motifs is 2. The molecule has 6 atom stereocenters. The SMILES string of the molecule is COC12CC[C@@]3(C[C@@H]1CNC(=O)c1ccccc1C(C)=O)[C@H]1Cc4ccc(O)c5c4[C@@]3(CCN1CC1CC1)C2O5. The minimum atomic E-state index is -0.571. The van der Waals surface area contributed by atoms with Gasteiger partial charge in [-0.15, -0.1) is 0 Å². The number of phenols is 1. The molecule has 2 aromatic carbocycles. The summed E-state index contributed by atoms with van der Waals surface area (Å²) in [4.78, 5) is 28.4. The maximum absolute atomic E-state index is 13.4. The zero-order valence-corrected chi connectivity index (χ0v) is 23.4. The summed E-state index contributed by atoms with van der Waals surface area (Å²) < 4.78 is 13.4. The number of methoxy groups -OCH3 is 1. The number of rotatable bonds is 7. The van der Waals surface area contributed by atoms with Crippen molar-refractivity contribution in [3.8, 4) is 11.5 Å². The number of carbonyl (C=O) groups excluding carboxylic acids is 2. The molecule has 40 heavy (non-hydrogen) atoms. The van der Waals surface area contributed by atoms with Crippen LogP contribution in [-0.2, 0) is 16.6 Å². The summed E-state index contributed by atoms with van der Waals surface area (Å²) in [5, 5.41) is 14.2. The quantitative estimate of drug-likeness (QED) is 0.509. The Balaban J connectivity index is 1.20. The Morgan fingerprint density at radius 1 is 1.12 bits per heavy atom. The molecule has 0 aromatic heterocycles. The molecule has 2 aliphatic heterocycles. The Morgan fingerprint density at radius 3 is 2.67 bits per heavy atom. The number of benzene rings is 2. The van der Waals surface area contributed by atoms with Gasteiger partial charge in [0, 0.05) is 54.1 Å². The van der Waals surface area contributed by atoms with Gasteiger partial charge in [-0.2, -0.15) is 0 Å². The van der Waals surface area contributed by atoms with Gasteiger partial charge in [-0.1, -0.05) is 24.3 Å². The normalized spacial score (nSPS) is 36.6. The second-order valence-electron chi connectivity index (χ2n) is 13.4. The third-order valence-electron chi connectivity index (χ3n) is 11.9. The lowest BCUT2D eigenvalue weighted by molar-refractivity contribution is -0.275. The van der Waals surface area contributed by atoms with Gasteiger partial charge in [0.15, 0.2) is 17.3 Å². The van der Waals surface area contributed by atoms with Crippen LogP contribution >= 0.6 is 0 Å². The number of aromatic hydroxyl groups is 1. The number of nitrogens with one attached hydrogen (secondary N) is 1. The van der Waals surface area contributed by atoms with Gasteiger partial charge in [-0.05, 0) is 82.0 Å². The molecule has 9 rings (SSSR count). The standard InChI is InChI=1S/C33H38N2O5/c1-19(36)23-5-3-4-6-24(23)29(38)34-17-22-16-31-11-12-33(22,39-2)30-32(31)13-14-35(18-20-7-8-20)26(31)15-21-9-10-25(37)28(40-30)27(21)32/h3-6,9-10,20,22,26,30,37H,7-8,11-18H2,1-2H3,(H,34,38)/t22-,26-,30?,31-,32+,33?/m1/s1. The molecule has 5 fully saturated rings. The van der Waals surface area contributed by atoms with Crippen molar-refractivity contribution in [1.82, 2.24) is 10.2 Å². The Morgan fingerprint density at radius 2 is 1.93 bits per heavy atom. The maximum Gasteiger partial charge on any atom is 0.252 e. The molecular weight excluding hydrogens is 504 g/mol. The number of Topliss-reactive ketones (excluding diaryl/α,β-unsaturated/α-hetero) is 1. The fourth-order valence-corrected chi connectivity index (χ4v) is 10.1. The summed E-state index contributed by atoms with van der Waals surface area (Å²) in [6, 6.07) is 11.4. The summed E-state index contributed by atoms with van der Waals surface area (Å²) in [6.45, 7) is 4.19. The lowest BCUT2D eigenvalue weighted by Gasteiger charge is -2.74. The number of hydrogen-bond acceptors (Lipinski definition) is 6. The van der Waals surface area contributed by atoms with Gasteiger partial charge in [0.2, 0.25) is 0 Å². The predicted octanol–water partition coefficient (Wildman–Crippen LogP) is 4.25. The lowest BCUT2D eigenvalue weighted by Crippen LogP contribution is -2.81. The molecule has 4 bridgehead atoms. The largest absolute Gasteiger partial charge is 0.504 e. The number of piperidine rings is 1. The van der Waals surface area contributed by atoms with Gasteiger partial charge in [-0.3, -0.25) is 14.5 Å². The van der Waals surface area contributed by atoms with Crippen molar-refractivity contribution in [3.63, 3.8) is 0 Å². The van der Waals surface area contributed by atoms with E-state index in [0.29, 0.717) is 29.5 Å². The van der Waals surface area contributed by atoms with E-state index < -0.39 is 5.60 Å². The predicted molar refractivity (Wildman–Crippen MR) is 149 cm³/mol. The molecule has 1 amide bonds. The van der Waals surface area contributed by atoms with Crippen LogP contribution in [-0.4, -0.2) is 66.2 Å². The monoisotopic (exact) mass is 542 g/mol. The molecule has 2 aromatic rings. The number of likely N-dealkylation sites (tertiary alicyclic amines) is 1. The first kappa shape index (κ1) is 24.9. The van der Waals surface area contributed by atoms with Gasteiger partial charge < -0.3 is 19.9 Å². The first-order valence-corrected chi connectivity index (χ1v) is 15.0. The molecule has 1 saturated heterocycles. The van der Waals surface area contributed by atoms with Crippen LogP contribution in [0.25, 0.3) is 0 Å². The molecule has 0 radical (unpaired) electrons. The number of amides is 1. The Bertz CT molecular complexity index is 1440. The molecule has 5 aliphatic carbocycles. The van der Waals surface area contributed by atoms with Crippen LogP contribution in [0, 0.1) is 17.3 Å². The average molecular weight is 543 g/mol.